The van der Waals surface area contributed by atoms with Crippen molar-refractivity contribution in [1.82, 2.24) is 0 Å². The van der Waals surface area contributed by atoms with Gasteiger partial charge in [0.2, 0.25) is 0 Å². The number of hydrogen-bond donors (Lipinski definition) is 1. The molecule has 0 aliphatic carbocycles. The molecule has 0 aromatic carbocycles. The van der Waals surface area contributed by atoms with Gasteiger partial charge in [-0.25, -0.2) is 0 Å². The van der Waals surface area contributed by atoms with Gasteiger partial charge < -0.3 is 9.66 Å². The van der Waals surface area contributed by atoms with E-state index in [0.29, 0.717) is 5.75 Å². The van der Waals surface area contributed by atoms with E-state index in [1.54, 1.807) is 13.8 Å². The third-order valence-corrected chi connectivity index (χ3v) is 5.01. The van der Waals surface area contributed by atoms with E-state index in [-0.39, 0.29) is 0 Å². The maximum atomic E-state index is 11.6. The fraction of sp³-hybridized carbons (Fsp3) is 1.00. The molecule has 3 heteroatoms. The molecule has 0 heterocycles. The molecule has 0 aliphatic heterocycles. The fourth-order valence-electron chi connectivity index (χ4n) is 2.22. The molecular formula is C16H34O2S. The summed E-state index contributed by atoms with van der Waals surface area (Å²) in [6.45, 7) is 5.70. The summed E-state index contributed by atoms with van der Waals surface area (Å²) in [7, 11) is 0. The number of aliphatic hydroxyl groups is 1. The van der Waals surface area contributed by atoms with E-state index in [9.17, 15) is 9.66 Å². The van der Waals surface area contributed by atoms with Crippen molar-refractivity contribution >= 4 is 11.2 Å². The molecule has 0 amide bonds. The molecule has 0 fully saturated rings. The number of hydrogen-bond acceptors (Lipinski definition) is 2. The molecule has 2 nitrogen and oxygen atoms in total. The van der Waals surface area contributed by atoms with E-state index < -0.39 is 16.8 Å². The van der Waals surface area contributed by atoms with Crippen molar-refractivity contribution in [2.75, 3.05) is 11.5 Å². The second-order valence-corrected chi connectivity index (χ2v) is 7.86. The Morgan fingerprint density at radius 2 is 1.26 bits per heavy atom. The Kier molecular flexibility index (Phi) is 12.2. The first kappa shape index (κ1) is 19.3. The summed E-state index contributed by atoms with van der Waals surface area (Å²) < 4.78 is 11.6. The van der Waals surface area contributed by atoms with Crippen LogP contribution in [0.1, 0.15) is 85.0 Å². The SMILES string of the molecule is CCCCCCCCCCCC[S+]([O-])CC(C)(C)O. The fourth-order valence-corrected chi connectivity index (χ4v) is 3.68. The lowest BCUT2D eigenvalue weighted by Gasteiger charge is -2.19. The van der Waals surface area contributed by atoms with Gasteiger partial charge in [0, 0.05) is 0 Å². The van der Waals surface area contributed by atoms with Crippen LogP contribution in [0, 0.1) is 0 Å². The molecule has 1 unspecified atom stereocenters. The Morgan fingerprint density at radius 1 is 0.842 bits per heavy atom. The molecule has 0 spiro atoms. The van der Waals surface area contributed by atoms with Crippen LogP contribution in [0.25, 0.3) is 0 Å². The van der Waals surface area contributed by atoms with Gasteiger partial charge >= 0.3 is 0 Å². The Bertz CT molecular complexity index is 190. The Labute approximate surface area is 123 Å². The molecule has 0 saturated carbocycles. The van der Waals surface area contributed by atoms with Crippen LogP contribution in [0.3, 0.4) is 0 Å². The van der Waals surface area contributed by atoms with Crippen molar-refractivity contribution in [3.63, 3.8) is 0 Å². The highest BCUT2D eigenvalue weighted by atomic mass is 32.2. The molecule has 0 rings (SSSR count). The van der Waals surface area contributed by atoms with Gasteiger partial charge in [-0.2, -0.15) is 0 Å². The minimum absolute atomic E-state index is 0.407. The van der Waals surface area contributed by atoms with Crippen molar-refractivity contribution in [3.05, 3.63) is 0 Å². The molecule has 19 heavy (non-hydrogen) atoms. The highest BCUT2D eigenvalue weighted by Crippen LogP contribution is 2.12. The molecule has 0 aliphatic rings. The largest absolute Gasteiger partial charge is 0.616 e. The zero-order valence-corrected chi connectivity index (χ0v) is 14.1. The Balaban J connectivity index is 3.18. The highest BCUT2D eigenvalue weighted by Gasteiger charge is 2.20. The van der Waals surface area contributed by atoms with Crippen molar-refractivity contribution in [3.8, 4) is 0 Å². The van der Waals surface area contributed by atoms with Crippen molar-refractivity contribution in [2.24, 2.45) is 0 Å². The van der Waals surface area contributed by atoms with Gasteiger partial charge in [0.25, 0.3) is 0 Å². The maximum Gasteiger partial charge on any atom is 0.133 e. The van der Waals surface area contributed by atoms with E-state index in [0.717, 1.165) is 12.2 Å². The number of unbranched alkanes of at least 4 members (excludes halogenated alkanes) is 9. The molecule has 116 valence electrons. The Hall–Kier alpha value is 0.270. The van der Waals surface area contributed by atoms with Gasteiger partial charge in [-0.1, -0.05) is 69.5 Å². The van der Waals surface area contributed by atoms with Gasteiger partial charge in [-0.15, -0.1) is 0 Å². The van der Waals surface area contributed by atoms with Crippen LogP contribution in [0.5, 0.6) is 0 Å². The van der Waals surface area contributed by atoms with Gasteiger partial charge in [-0.3, -0.25) is 0 Å². The summed E-state index contributed by atoms with van der Waals surface area (Å²) in [5.41, 5.74) is -0.788. The van der Waals surface area contributed by atoms with Crippen LogP contribution in [0.15, 0.2) is 0 Å². The lowest BCUT2D eigenvalue weighted by Crippen LogP contribution is -2.31. The monoisotopic (exact) mass is 290 g/mol. The van der Waals surface area contributed by atoms with Crippen LogP contribution < -0.4 is 0 Å². The first-order valence-electron chi connectivity index (χ1n) is 8.03. The molecule has 0 saturated heterocycles. The quantitative estimate of drug-likeness (QED) is 0.403. The summed E-state index contributed by atoms with van der Waals surface area (Å²) in [5, 5.41) is 9.56. The van der Waals surface area contributed by atoms with Crippen molar-refractivity contribution in [1.29, 1.82) is 0 Å². The second kappa shape index (κ2) is 12.0. The summed E-state index contributed by atoms with van der Waals surface area (Å²) >= 11 is -0.852. The van der Waals surface area contributed by atoms with E-state index in [1.807, 2.05) is 0 Å². The first-order chi connectivity index (χ1) is 8.95. The van der Waals surface area contributed by atoms with Crippen molar-refractivity contribution < 1.29 is 9.66 Å². The molecule has 0 radical (unpaired) electrons. The zero-order valence-electron chi connectivity index (χ0n) is 13.2. The molecule has 1 N–H and O–H groups in total. The molecule has 1 atom stereocenters. The summed E-state index contributed by atoms with van der Waals surface area (Å²) in [6, 6.07) is 0. The van der Waals surface area contributed by atoms with Crippen LogP contribution in [0.4, 0.5) is 0 Å². The third-order valence-electron chi connectivity index (χ3n) is 3.24. The van der Waals surface area contributed by atoms with Gasteiger partial charge in [0.1, 0.15) is 17.1 Å². The summed E-state index contributed by atoms with van der Waals surface area (Å²) in [6.07, 6.45) is 13.1. The van der Waals surface area contributed by atoms with Gasteiger partial charge in [-0.05, 0) is 26.7 Å². The van der Waals surface area contributed by atoms with E-state index in [4.69, 9.17) is 0 Å². The normalized spacial score (nSPS) is 13.7. The lowest BCUT2D eigenvalue weighted by atomic mass is 10.1. The maximum absolute atomic E-state index is 11.6. The van der Waals surface area contributed by atoms with Crippen LogP contribution in [-0.4, -0.2) is 26.8 Å². The van der Waals surface area contributed by atoms with Gasteiger partial charge in [0.05, 0.1) is 0 Å². The molecule has 0 aromatic rings. The minimum Gasteiger partial charge on any atom is -0.616 e. The van der Waals surface area contributed by atoms with Crippen LogP contribution in [-0.2, 0) is 11.2 Å². The number of rotatable bonds is 13. The molecule has 0 aromatic heterocycles. The van der Waals surface area contributed by atoms with Crippen LogP contribution >= 0.6 is 0 Å². The average molecular weight is 291 g/mol. The predicted molar refractivity (Wildman–Crippen MR) is 86.0 cm³/mol. The molecular weight excluding hydrogens is 256 g/mol. The topological polar surface area (TPSA) is 43.3 Å². The first-order valence-corrected chi connectivity index (χ1v) is 9.52. The van der Waals surface area contributed by atoms with Gasteiger partial charge in [0.15, 0.2) is 0 Å². The van der Waals surface area contributed by atoms with Crippen LogP contribution in [0.2, 0.25) is 0 Å². The minimum atomic E-state index is -0.852. The Morgan fingerprint density at radius 3 is 1.68 bits per heavy atom. The van der Waals surface area contributed by atoms with E-state index in [1.165, 1.54) is 57.8 Å². The van der Waals surface area contributed by atoms with E-state index >= 15 is 0 Å². The van der Waals surface area contributed by atoms with E-state index in [2.05, 4.69) is 6.92 Å². The second-order valence-electron chi connectivity index (χ2n) is 6.28. The highest BCUT2D eigenvalue weighted by molar-refractivity contribution is 7.91. The average Bonchev–Trinajstić information content (AvgIpc) is 2.29. The zero-order chi connectivity index (χ0) is 14.6. The smallest absolute Gasteiger partial charge is 0.133 e. The van der Waals surface area contributed by atoms with Crippen molar-refractivity contribution in [2.45, 2.75) is 90.6 Å². The summed E-state index contributed by atoms with van der Waals surface area (Å²) in [4.78, 5) is 0. The third kappa shape index (κ3) is 16.2. The predicted octanol–water partition coefficient (Wildman–Crippen LogP) is 4.43. The molecule has 0 bridgehead atoms. The standard InChI is InChI=1S/C16H34O2S/c1-4-5-6-7-8-9-10-11-12-13-14-19(18)15-16(2,3)17/h17H,4-15H2,1-3H3. The summed E-state index contributed by atoms with van der Waals surface area (Å²) in [5.74, 6) is 1.16. The lowest BCUT2D eigenvalue weighted by molar-refractivity contribution is 0.105.